The van der Waals surface area contributed by atoms with E-state index in [4.69, 9.17) is 4.52 Å². The first-order valence-corrected chi connectivity index (χ1v) is 6.32. The van der Waals surface area contributed by atoms with Gasteiger partial charge in [0.1, 0.15) is 5.76 Å². The standard InChI is InChI=1S/C13H13N7O/c1-9-6-11(20-21-9)17-13-18-12(8-16-19-13)15-7-10-2-4-14-5-3-10/h2-6,8H,7H2,1H3,(H2,15,17,18,19,20). The third kappa shape index (κ3) is 3.50. The minimum absolute atomic E-state index is 0.350. The molecule has 0 saturated heterocycles. The van der Waals surface area contributed by atoms with Crippen LogP contribution in [0.1, 0.15) is 11.3 Å². The van der Waals surface area contributed by atoms with Gasteiger partial charge < -0.3 is 15.2 Å². The maximum absolute atomic E-state index is 4.96. The molecule has 0 bridgehead atoms. The van der Waals surface area contributed by atoms with Gasteiger partial charge in [-0.25, -0.2) is 0 Å². The minimum Gasteiger partial charge on any atom is -0.365 e. The normalized spacial score (nSPS) is 10.3. The van der Waals surface area contributed by atoms with Crippen molar-refractivity contribution in [2.75, 3.05) is 10.6 Å². The van der Waals surface area contributed by atoms with Gasteiger partial charge in [0.25, 0.3) is 0 Å². The quantitative estimate of drug-likeness (QED) is 0.732. The largest absolute Gasteiger partial charge is 0.365 e. The van der Waals surface area contributed by atoms with E-state index in [9.17, 15) is 0 Å². The zero-order valence-corrected chi connectivity index (χ0v) is 11.3. The average Bonchev–Trinajstić information content (AvgIpc) is 2.92. The first-order valence-electron chi connectivity index (χ1n) is 6.32. The topological polar surface area (TPSA) is 102 Å². The second-order valence-corrected chi connectivity index (χ2v) is 4.32. The lowest BCUT2D eigenvalue weighted by molar-refractivity contribution is 0.400. The van der Waals surface area contributed by atoms with E-state index >= 15 is 0 Å². The molecule has 0 aliphatic rings. The highest BCUT2D eigenvalue weighted by molar-refractivity contribution is 5.48. The van der Waals surface area contributed by atoms with E-state index in [1.54, 1.807) is 24.7 Å². The van der Waals surface area contributed by atoms with Gasteiger partial charge >= 0.3 is 0 Å². The lowest BCUT2D eigenvalue weighted by Crippen LogP contribution is -2.05. The molecule has 3 aromatic heterocycles. The summed E-state index contributed by atoms with van der Waals surface area (Å²) in [4.78, 5) is 8.27. The Bertz CT molecular complexity index is 713. The van der Waals surface area contributed by atoms with Gasteiger partial charge in [0.2, 0.25) is 5.95 Å². The van der Waals surface area contributed by atoms with Crippen molar-refractivity contribution in [3.8, 4) is 0 Å². The van der Waals surface area contributed by atoms with Crippen LogP contribution in [0.3, 0.4) is 0 Å². The van der Waals surface area contributed by atoms with Crippen LogP contribution < -0.4 is 10.6 Å². The van der Waals surface area contributed by atoms with E-state index in [1.807, 2.05) is 19.1 Å². The smallest absolute Gasteiger partial charge is 0.250 e. The van der Waals surface area contributed by atoms with Gasteiger partial charge in [0, 0.05) is 25.0 Å². The Kier molecular flexibility index (Phi) is 3.68. The summed E-state index contributed by atoms with van der Waals surface area (Å²) in [7, 11) is 0. The Balaban J connectivity index is 1.65. The van der Waals surface area contributed by atoms with Gasteiger partial charge in [0.15, 0.2) is 11.6 Å². The molecule has 0 aromatic carbocycles. The summed E-state index contributed by atoms with van der Waals surface area (Å²) in [5.41, 5.74) is 1.10. The Morgan fingerprint density at radius 3 is 2.81 bits per heavy atom. The molecule has 3 rings (SSSR count). The van der Waals surface area contributed by atoms with Crippen molar-refractivity contribution in [1.29, 1.82) is 0 Å². The number of hydrogen-bond donors (Lipinski definition) is 2. The summed E-state index contributed by atoms with van der Waals surface area (Å²) in [6.07, 6.45) is 5.05. The highest BCUT2D eigenvalue weighted by Gasteiger charge is 2.04. The highest BCUT2D eigenvalue weighted by Crippen LogP contribution is 2.13. The molecule has 21 heavy (non-hydrogen) atoms. The minimum atomic E-state index is 0.350. The molecule has 0 saturated carbocycles. The van der Waals surface area contributed by atoms with E-state index in [2.05, 4.69) is 36.0 Å². The fourth-order valence-corrected chi connectivity index (χ4v) is 1.67. The predicted octanol–water partition coefficient (Wildman–Crippen LogP) is 1.92. The predicted molar refractivity (Wildman–Crippen MR) is 75.9 cm³/mol. The SMILES string of the molecule is Cc1cc(Nc2nncc(NCc3ccncc3)n2)no1. The fourth-order valence-electron chi connectivity index (χ4n) is 1.67. The van der Waals surface area contributed by atoms with Crippen LogP contribution in [0.2, 0.25) is 0 Å². The Morgan fingerprint density at radius 2 is 2.05 bits per heavy atom. The Labute approximate surface area is 120 Å². The molecule has 8 heteroatoms. The summed E-state index contributed by atoms with van der Waals surface area (Å²) in [5, 5.41) is 17.7. The van der Waals surface area contributed by atoms with Gasteiger partial charge in [-0.3, -0.25) is 4.98 Å². The number of anilines is 3. The lowest BCUT2D eigenvalue weighted by atomic mass is 10.3. The van der Waals surface area contributed by atoms with Gasteiger partial charge in [-0.2, -0.15) is 10.1 Å². The molecule has 0 fully saturated rings. The Morgan fingerprint density at radius 1 is 1.19 bits per heavy atom. The monoisotopic (exact) mass is 283 g/mol. The molecule has 0 amide bonds. The van der Waals surface area contributed by atoms with Gasteiger partial charge in [-0.15, -0.1) is 5.10 Å². The highest BCUT2D eigenvalue weighted by atomic mass is 16.5. The number of rotatable bonds is 5. The zero-order chi connectivity index (χ0) is 14.5. The summed E-state index contributed by atoms with van der Waals surface area (Å²) in [6, 6.07) is 5.61. The molecule has 0 aliphatic carbocycles. The van der Waals surface area contributed by atoms with Crippen molar-refractivity contribution in [2.24, 2.45) is 0 Å². The maximum atomic E-state index is 4.96. The summed E-state index contributed by atoms with van der Waals surface area (Å²) in [5.74, 6) is 2.21. The number of aryl methyl sites for hydroxylation is 1. The molecule has 0 unspecified atom stereocenters. The fraction of sp³-hybridized carbons (Fsp3) is 0.154. The van der Waals surface area contributed by atoms with Crippen molar-refractivity contribution in [3.63, 3.8) is 0 Å². The number of hydrogen-bond acceptors (Lipinski definition) is 8. The van der Waals surface area contributed by atoms with E-state index in [1.165, 1.54) is 0 Å². The summed E-state index contributed by atoms with van der Waals surface area (Å²) in [6.45, 7) is 2.44. The molecule has 0 aliphatic heterocycles. The summed E-state index contributed by atoms with van der Waals surface area (Å²) >= 11 is 0. The average molecular weight is 283 g/mol. The van der Waals surface area contributed by atoms with E-state index in [0.29, 0.717) is 29.9 Å². The number of aromatic nitrogens is 5. The second-order valence-electron chi connectivity index (χ2n) is 4.32. The molecule has 3 heterocycles. The first kappa shape index (κ1) is 13.0. The lowest BCUT2D eigenvalue weighted by Gasteiger charge is -2.06. The van der Waals surface area contributed by atoms with Crippen molar-refractivity contribution in [2.45, 2.75) is 13.5 Å². The molecule has 0 atom stereocenters. The maximum Gasteiger partial charge on any atom is 0.250 e. The van der Waals surface area contributed by atoms with Crippen molar-refractivity contribution in [3.05, 3.63) is 48.1 Å². The van der Waals surface area contributed by atoms with Crippen LogP contribution in [0.25, 0.3) is 0 Å². The number of nitrogens with zero attached hydrogens (tertiary/aromatic N) is 5. The van der Waals surface area contributed by atoms with Crippen LogP contribution >= 0.6 is 0 Å². The molecule has 2 N–H and O–H groups in total. The zero-order valence-electron chi connectivity index (χ0n) is 11.3. The van der Waals surface area contributed by atoms with Crippen LogP contribution in [0.5, 0.6) is 0 Å². The van der Waals surface area contributed by atoms with Crippen LogP contribution in [0.4, 0.5) is 17.6 Å². The first-order chi connectivity index (χ1) is 10.3. The van der Waals surface area contributed by atoms with Gasteiger partial charge in [-0.05, 0) is 24.6 Å². The third-order valence-electron chi connectivity index (χ3n) is 2.65. The Hall–Kier alpha value is -3.03. The van der Waals surface area contributed by atoms with Gasteiger partial charge in [0.05, 0.1) is 6.20 Å². The molecule has 8 nitrogen and oxygen atoms in total. The van der Waals surface area contributed by atoms with E-state index in [-0.39, 0.29) is 0 Å². The molecular formula is C13H13N7O. The van der Waals surface area contributed by atoms with Crippen molar-refractivity contribution in [1.82, 2.24) is 25.3 Å². The third-order valence-corrected chi connectivity index (χ3v) is 2.65. The molecular weight excluding hydrogens is 270 g/mol. The number of nitrogens with one attached hydrogen (secondary N) is 2. The van der Waals surface area contributed by atoms with Crippen LogP contribution in [0.15, 0.2) is 41.3 Å². The molecule has 106 valence electrons. The van der Waals surface area contributed by atoms with Crippen molar-refractivity contribution >= 4 is 17.6 Å². The van der Waals surface area contributed by atoms with E-state index < -0.39 is 0 Å². The molecule has 3 aromatic rings. The van der Waals surface area contributed by atoms with Crippen molar-refractivity contribution < 1.29 is 4.52 Å². The second kappa shape index (κ2) is 5.95. The number of pyridine rings is 1. The van der Waals surface area contributed by atoms with E-state index in [0.717, 1.165) is 5.56 Å². The van der Waals surface area contributed by atoms with Crippen LogP contribution in [-0.4, -0.2) is 25.3 Å². The van der Waals surface area contributed by atoms with Crippen LogP contribution in [-0.2, 0) is 6.54 Å². The molecule has 0 radical (unpaired) electrons. The van der Waals surface area contributed by atoms with Crippen LogP contribution in [0, 0.1) is 6.92 Å². The molecule has 0 spiro atoms. The van der Waals surface area contributed by atoms with Gasteiger partial charge in [-0.1, -0.05) is 5.16 Å². The summed E-state index contributed by atoms with van der Waals surface area (Å²) < 4.78 is 4.96.